The first kappa shape index (κ1) is 13.0. The molecule has 0 heterocycles. The number of hydrogen-bond donors (Lipinski definition) is 1. The smallest absolute Gasteiger partial charge is 0.0690 e. The van der Waals surface area contributed by atoms with Crippen molar-refractivity contribution < 1.29 is 5.11 Å². The highest BCUT2D eigenvalue weighted by molar-refractivity contribution is 4.82. The lowest BCUT2D eigenvalue weighted by molar-refractivity contribution is 0.0318. The Hall–Kier alpha value is -0.0800. The quantitative estimate of drug-likeness (QED) is 0.776. The number of rotatable bonds is 4. The topological polar surface area (TPSA) is 23.5 Å². The zero-order valence-electron chi connectivity index (χ0n) is 10.7. The molecular weight excluding hydrogens is 186 g/mol. The summed E-state index contributed by atoms with van der Waals surface area (Å²) >= 11 is 0. The number of likely N-dealkylation sites (N-methyl/N-ethyl adjacent to an activating group) is 1. The van der Waals surface area contributed by atoms with E-state index in [1.807, 2.05) is 0 Å². The first-order chi connectivity index (χ1) is 7.06. The Morgan fingerprint density at radius 2 is 2.07 bits per heavy atom. The van der Waals surface area contributed by atoms with Gasteiger partial charge in [-0.1, -0.05) is 26.7 Å². The molecule has 0 aromatic heterocycles. The monoisotopic (exact) mass is 213 g/mol. The molecule has 1 fully saturated rings. The van der Waals surface area contributed by atoms with Crippen molar-refractivity contribution in [3.05, 3.63) is 0 Å². The molecule has 2 heteroatoms. The summed E-state index contributed by atoms with van der Waals surface area (Å²) in [7, 11) is 2.17. The van der Waals surface area contributed by atoms with E-state index < -0.39 is 0 Å². The Kier molecular flexibility index (Phi) is 5.07. The Morgan fingerprint density at radius 1 is 1.40 bits per heavy atom. The third-order valence-corrected chi connectivity index (χ3v) is 4.10. The summed E-state index contributed by atoms with van der Waals surface area (Å²) in [6.07, 6.45) is 6.03. The third-order valence-electron chi connectivity index (χ3n) is 4.10. The van der Waals surface area contributed by atoms with Crippen LogP contribution in [-0.4, -0.2) is 35.2 Å². The van der Waals surface area contributed by atoms with Gasteiger partial charge in [0, 0.05) is 12.1 Å². The Labute approximate surface area is 94.7 Å². The van der Waals surface area contributed by atoms with Gasteiger partial charge in [-0.15, -0.1) is 0 Å². The van der Waals surface area contributed by atoms with Crippen LogP contribution in [0.1, 0.15) is 52.9 Å². The predicted molar refractivity (Wildman–Crippen MR) is 64.9 cm³/mol. The van der Waals surface area contributed by atoms with Gasteiger partial charge in [-0.05, 0) is 39.2 Å². The summed E-state index contributed by atoms with van der Waals surface area (Å²) in [5.74, 6) is 0.858. The minimum Gasteiger partial charge on any atom is -0.392 e. The summed E-state index contributed by atoms with van der Waals surface area (Å²) in [4.78, 5) is 2.39. The number of nitrogens with zero attached hydrogens (tertiary/aromatic N) is 1. The maximum Gasteiger partial charge on any atom is 0.0690 e. The SMILES string of the molecule is CCC(O)C(C)N(C)C1CCCC(C)C1. The van der Waals surface area contributed by atoms with Crippen LogP contribution in [0.15, 0.2) is 0 Å². The van der Waals surface area contributed by atoms with Crippen molar-refractivity contribution in [1.29, 1.82) is 0 Å². The molecule has 1 saturated carbocycles. The van der Waals surface area contributed by atoms with Crippen molar-refractivity contribution in [2.45, 2.75) is 71.1 Å². The molecule has 0 aromatic carbocycles. The molecule has 4 atom stereocenters. The Balaban J connectivity index is 2.47. The Morgan fingerprint density at radius 3 is 2.60 bits per heavy atom. The van der Waals surface area contributed by atoms with E-state index in [1.165, 1.54) is 25.7 Å². The van der Waals surface area contributed by atoms with E-state index in [9.17, 15) is 5.11 Å². The van der Waals surface area contributed by atoms with Gasteiger partial charge in [-0.2, -0.15) is 0 Å². The van der Waals surface area contributed by atoms with Crippen LogP contribution in [0.3, 0.4) is 0 Å². The molecule has 0 bridgehead atoms. The van der Waals surface area contributed by atoms with Crippen LogP contribution in [0, 0.1) is 5.92 Å². The predicted octanol–water partition coefficient (Wildman–Crippen LogP) is 2.66. The van der Waals surface area contributed by atoms with Gasteiger partial charge in [0.2, 0.25) is 0 Å². The minimum atomic E-state index is -0.174. The van der Waals surface area contributed by atoms with Crippen molar-refractivity contribution in [1.82, 2.24) is 4.90 Å². The van der Waals surface area contributed by atoms with Crippen molar-refractivity contribution in [2.75, 3.05) is 7.05 Å². The summed E-state index contributed by atoms with van der Waals surface area (Å²) in [6, 6.07) is 0.982. The van der Waals surface area contributed by atoms with E-state index >= 15 is 0 Å². The van der Waals surface area contributed by atoms with Crippen molar-refractivity contribution >= 4 is 0 Å². The Bertz CT molecular complexity index is 183. The first-order valence-corrected chi connectivity index (χ1v) is 6.46. The van der Waals surface area contributed by atoms with Gasteiger partial charge < -0.3 is 5.11 Å². The second-order valence-corrected chi connectivity index (χ2v) is 5.31. The molecule has 0 aliphatic heterocycles. The van der Waals surface area contributed by atoms with Crippen LogP contribution in [-0.2, 0) is 0 Å². The maximum atomic E-state index is 9.85. The van der Waals surface area contributed by atoms with Gasteiger partial charge in [-0.3, -0.25) is 4.90 Å². The molecule has 90 valence electrons. The lowest BCUT2D eigenvalue weighted by Crippen LogP contribution is -2.46. The average Bonchev–Trinajstić information content (AvgIpc) is 2.26. The lowest BCUT2D eigenvalue weighted by Gasteiger charge is -2.39. The van der Waals surface area contributed by atoms with Gasteiger partial charge in [0.15, 0.2) is 0 Å². The van der Waals surface area contributed by atoms with Gasteiger partial charge in [0.1, 0.15) is 0 Å². The molecule has 1 rings (SSSR count). The van der Waals surface area contributed by atoms with E-state index in [4.69, 9.17) is 0 Å². The zero-order valence-corrected chi connectivity index (χ0v) is 10.7. The minimum absolute atomic E-state index is 0.174. The molecule has 4 unspecified atom stereocenters. The largest absolute Gasteiger partial charge is 0.392 e. The second kappa shape index (κ2) is 5.86. The van der Waals surface area contributed by atoms with E-state index in [0.29, 0.717) is 12.1 Å². The molecule has 0 amide bonds. The fourth-order valence-electron chi connectivity index (χ4n) is 2.72. The van der Waals surface area contributed by atoms with Crippen LogP contribution in [0.25, 0.3) is 0 Å². The van der Waals surface area contributed by atoms with Crippen LogP contribution < -0.4 is 0 Å². The molecule has 1 aliphatic carbocycles. The highest BCUT2D eigenvalue weighted by Gasteiger charge is 2.27. The van der Waals surface area contributed by atoms with Crippen molar-refractivity contribution in [3.8, 4) is 0 Å². The van der Waals surface area contributed by atoms with E-state index in [0.717, 1.165) is 12.3 Å². The third kappa shape index (κ3) is 3.46. The summed E-state index contributed by atoms with van der Waals surface area (Å²) in [5, 5.41) is 9.85. The van der Waals surface area contributed by atoms with E-state index in [1.54, 1.807) is 0 Å². The van der Waals surface area contributed by atoms with Gasteiger partial charge in [0.25, 0.3) is 0 Å². The van der Waals surface area contributed by atoms with Crippen LogP contribution >= 0.6 is 0 Å². The molecule has 0 radical (unpaired) electrons. The summed E-state index contributed by atoms with van der Waals surface area (Å²) < 4.78 is 0. The second-order valence-electron chi connectivity index (χ2n) is 5.31. The van der Waals surface area contributed by atoms with Crippen LogP contribution in [0.2, 0.25) is 0 Å². The molecule has 0 aromatic rings. The highest BCUT2D eigenvalue weighted by Crippen LogP contribution is 2.28. The zero-order chi connectivity index (χ0) is 11.4. The molecule has 15 heavy (non-hydrogen) atoms. The standard InChI is InChI=1S/C13H27NO/c1-5-13(15)11(3)14(4)12-8-6-7-10(2)9-12/h10-13,15H,5-9H2,1-4H3. The number of aliphatic hydroxyl groups is 1. The van der Waals surface area contributed by atoms with Gasteiger partial charge in [-0.25, -0.2) is 0 Å². The van der Waals surface area contributed by atoms with Crippen LogP contribution in [0.5, 0.6) is 0 Å². The van der Waals surface area contributed by atoms with Crippen molar-refractivity contribution in [3.63, 3.8) is 0 Å². The molecule has 1 aliphatic rings. The van der Waals surface area contributed by atoms with E-state index in [-0.39, 0.29) is 6.10 Å². The highest BCUT2D eigenvalue weighted by atomic mass is 16.3. The number of hydrogen-bond acceptors (Lipinski definition) is 2. The van der Waals surface area contributed by atoms with Crippen LogP contribution in [0.4, 0.5) is 0 Å². The number of aliphatic hydroxyl groups excluding tert-OH is 1. The molecule has 0 spiro atoms. The molecule has 2 nitrogen and oxygen atoms in total. The lowest BCUT2D eigenvalue weighted by atomic mass is 9.85. The van der Waals surface area contributed by atoms with Crippen molar-refractivity contribution in [2.24, 2.45) is 5.92 Å². The molecule has 0 saturated heterocycles. The molecular formula is C13H27NO. The van der Waals surface area contributed by atoms with Gasteiger partial charge in [0.05, 0.1) is 6.10 Å². The first-order valence-electron chi connectivity index (χ1n) is 6.46. The molecule has 1 N–H and O–H groups in total. The fourth-order valence-corrected chi connectivity index (χ4v) is 2.72. The summed E-state index contributed by atoms with van der Waals surface area (Å²) in [6.45, 7) is 6.55. The normalized spacial score (nSPS) is 31.6. The van der Waals surface area contributed by atoms with E-state index in [2.05, 4.69) is 32.7 Å². The van der Waals surface area contributed by atoms with Gasteiger partial charge >= 0.3 is 0 Å². The fraction of sp³-hybridized carbons (Fsp3) is 1.00. The maximum absolute atomic E-state index is 9.85. The summed E-state index contributed by atoms with van der Waals surface area (Å²) in [5.41, 5.74) is 0. The average molecular weight is 213 g/mol.